The van der Waals surface area contributed by atoms with Crippen molar-refractivity contribution in [3.8, 4) is 0 Å². The first-order valence-corrected chi connectivity index (χ1v) is 8.52. The maximum Gasteiger partial charge on any atom is 0.416 e. The lowest BCUT2D eigenvalue weighted by atomic mass is 10.1. The minimum Gasteiger partial charge on any atom is -0.444 e. The topological polar surface area (TPSA) is 55.3 Å². The molecule has 0 radical (unpaired) electrons. The molecule has 0 saturated heterocycles. The summed E-state index contributed by atoms with van der Waals surface area (Å²) in [6, 6.07) is 19.1. The van der Waals surface area contributed by atoms with Gasteiger partial charge in [-0.1, -0.05) is 60.2 Å². The minimum absolute atomic E-state index is 0.0762. The first-order chi connectivity index (χ1) is 12.6. The van der Waals surface area contributed by atoms with Crippen LogP contribution in [-0.4, -0.2) is 16.1 Å². The Morgan fingerprint density at radius 1 is 1.04 bits per heavy atom. The maximum atomic E-state index is 12.7. The molecule has 0 aliphatic rings. The third-order valence-corrected chi connectivity index (χ3v) is 3.96. The van der Waals surface area contributed by atoms with Crippen molar-refractivity contribution in [3.63, 3.8) is 0 Å². The van der Waals surface area contributed by atoms with Gasteiger partial charge in [0.1, 0.15) is 12.4 Å². The van der Waals surface area contributed by atoms with Crippen molar-refractivity contribution in [2.75, 3.05) is 4.90 Å². The average Bonchev–Trinajstić information content (AvgIpc) is 2.66. The van der Waals surface area contributed by atoms with Crippen LogP contribution in [-0.2, 0) is 17.9 Å². The highest BCUT2D eigenvalue weighted by atomic mass is 35.5. The van der Waals surface area contributed by atoms with Gasteiger partial charge in [-0.05, 0) is 35.7 Å². The molecule has 0 atom stereocenters. The third kappa shape index (κ3) is 4.80. The first-order valence-electron chi connectivity index (χ1n) is 8.14. The van der Waals surface area contributed by atoms with Crippen LogP contribution >= 0.6 is 11.6 Å². The van der Waals surface area contributed by atoms with E-state index in [2.05, 4.69) is 9.97 Å². The summed E-state index contributed by atoms with van der Waals surface area (Å²) in [7, 11) is 0. The number of aromatic nitrogens is 2. The summed E-state index contributed by atoms with van der Waals surface area (Å²) in [6.07, 6.45) is 1.02. The van der Waals surface area contributed by atoms with E-state index in [-0.39, 0.29) is 11.9 Å². The summed E-state index contributed by atoms with van der Waals surface area (Å²) in [6.45, 7) is 2.52. The molecule has 1 heterocycles. The molecule has 6 heteroatoms. The van der Waals surface area contributed by atoms with Crippen molar-refractivity contribution < 1.29 is 9.53 Å². The normalized spacial score (nSPS) is 10.4. The molecule has 3 rings (SSSR count). The zero-order valence-electron chi connectivity index (χ0n) is 14.3. The van der Waals surface area contributed by atoms with Crippen molar-refractivity contribution >= 4 is 23.5 Å². The highest BCUT2D eigenvalue weighted by Gasteiger charge is 2.20. The van der Waals surface area contributed by atoms with Crippen LogP contribution in [0.2, 0.25) is 5.28 Å². The summed E-state index contributed by atoms with van der Waals surface area (Å²) in [5.74, 6) is 0.392. The lowest BCUT2D eigenvalue weighted by Gasteiger charge is -2.21. The van der Waals surface area contributed by atoms with E-state index in [0.29, 0.717) is 12.4 Å². The van der Waals surface area contributed by atoms with Crippen LogP contribution in [0.5, 0.6) is 0 Å². The van der Waals surface area contributed by atoms with Crippen molar-refractivity contribution in [1.82, 2.24) is 9.97 Å². The van der Waals surface area contributed by atoms with Crippen LogP contribution in [0.1, 0.15) is 16.7 Å². The molecule has 0 fully saturated rings. The number of carbonyl (C=O) groups excluding carboxylic acids is 1. The Morgan fingerprint density at radius 3 is 2.46 bits per heavy atom. The monoisotopic (exact) mass is 367 g/mol. The Kier molecular flexibility index (Phi) is 5.81. The van der Waals surface area contributed by atoms with Crippen LogP contribution in [0, 0.1) is 6.92 Å². The summed E-state index contributed by atoms with van der Waals surface area (Å²) in [4.78, 5) is 22.2. The summed E-state index contributed by atoms with van der Waals surface area (Å²) < 4.78 is 5.46. The number of benzene rings is 2. The quantitative estimate of drug-likeness (QED) is 0.609. The number of nitrogens with zero attached hydrogens (tertiary/aromatic N) is 3. The van der Waals surface area contributed by atoms with Crippen LogP contribution < -0.4 is 4.90 Å². The van der Waals surface area contributed by atoms with Gasteiger partial charge in [0.2, 0.25) is 5.28 Å². The van der Waals surface area contributed by atoms with Gasteiger partial charge in [0.05, 0.1) is 6.54 Å². The molecule has 0 aliphatic heterocycles. The lowest BCUT2D eigenvalue weighted by molar-refractivity contribution is 0.146. The van der Waals surface area contributed by atoms with Crippen LogP contribution in [0.15, 0.2) is 66.9 Å². The molecule has 5 nitrogen and oxygen atoms in total. The van der Waals surface area contributed by atoms with E-state index in [1.807, 2.05) is 61.5 Å². The zero-order valence-corrected chi connectivity index (χ0v) is 15.1. The zero-order chi connectivity index (χ0) is 18.4. The molecule has 26 heavy (non-hydrogen) atoms. The number of rotatable bonds is 5. The number of halogens is 1. The van der Waals surface area contributed by atoms with Crippen molar-refractivity contribution in [3.05, 3.63) is 88.8 Å². The van der Waals surface area contributed by atoms with E-state index in [1.54, 1.807) is 6.07 Å². The Labute approximate surface area is 157 Å². The molecule has 3 aromatic rings. The van der Waals surface area contributed by atoms with Gasteiger partial charge in [-0.15, -0.1) is 0 Å². The fourth-order valence-electron chi connectivity index (χ4n) is 2.39. The van der Waals surface area contributed by atoms with Gasteiger partial charge < -0.3 is 4.74 Å². The molecular weight excluding hydrogens is 350 g/mol. The number of ether oxygens (including phenoxy) is 1. The molecule has 0 saturated carbocycles. The van der Waals surface area contributed by atoms with Gasteiger partial charge in [0, 0.05) is 6.20 Å². The molecule has 1 amide bonds. The number of hydrogen-bond acceptors (Lipinski definition) is 4. The van der Waals surface area contributed by atoms with Gasteiger partial charge in [-0.2, -0.15) is 0 Å². The SMILES string of the molecule is Cc1ccc(CN(C(=O)OCc2ccccc2)c2ccnc(Cl)n2)cc1. The van der Waals surface area contributed by atoms with E-state index in [1.165, 1.54) is 11.1 Å². The van der Waals surface area contributed by atoms with E-state index in [9.17, 15) is 4.79 Å². The van der Waals surface area contributed by atoms with E-state index in [0.717, 1.165) is 16.7 Å². The second kappa shape index (κ2) is 8.45. The highest BCUT2D eigenvalue weighted by Crippen LogP contribution is 2.18. The molecule has 0 unspecified atom stereocenters. The molecular formula is C20H18ClN3O2. The second-order valence-corrected chi connectivity index (χ2v) is 6.13. The summed E-state index contributed by atoms with van der Waals surface area (Å²) >= 11 is 5.89. The van der Waals surface area contributed by atoms with E-state index >= 15 is 0 Å². The Bertz CT molecular complexity index is 870. The molecule has 0 N–H and O–H groups in total. The number of carbonyl (C=O) groups is 1. The van der Waals surface area contributed by atoms with Gasteiger partial charge in [-0.25, -0.2) is 14.8 Å². The van der Waals surface area contributed by atoms with Crippen molar-refractivity contribution in [2.24, 2.45) is 0 Å². The van der Waals surface area contributed by atoms with Crippen molar-refractivity contribution in [1.29, 1.82) is 0 Å². The average molecular weight is 368 g/mol. The van der Waals surface area contributed by atoms with Gasteiger partial charge in [0.25, 0.3) is 0 Å². The Balaban J connectivity index is 1.79. The minimum atomic E-state index is -0.496. The molecule has 0 bridgehead atoms. The Morgan fingerprint density at radius 2 is 1.77 bits per heavy atom. The fourth-order valence-corrected chi connectivity index (χ4v) is 2.53. The second-order valence-electron chi connectivity index (χ2n) is 5.80. The predicted octanol–water partition coefficient (Wildman–Crippen LogP) is 4.78. The van der Waals surface area contributed by atoms with Crippen molar-refractivity contribution in [2.45, 2.75) is 20.1 Å². The number of aryl methyl sites for hydroxylation is 1. The fraction of sp³-hybridized carbons (Fsp3) is 0.150. The first kappa shape index (κ1) is 17.9. The van der Waals surface area contributed by atoms with E-state index in [4.69, 9.17) is 16.3 Å². The van der Waals surface area contributed by atoms with Gasteiger partial charge >= 0.3 is 6.09 Å². The van der Waals surface area contributed by atoms with Gasteiger partial charge in [-0.3, -0.25) is 4.90 Å². The number of anilines is 1. The smallest absolute Gasteiger partial charge is 0.416 e. The molecule has 1 aromatic heterocycles. The van der Waals surface area contributed by atoms with Crippen LogP contribution in [0.25, 0.3) is 0 Å². The molecule has 2 aromatic carbocycles. The standard InChI is InChI=1S/C20H18ClN3O2/c1-15-7-9-16(10-8-15)13-24(18-11-12-22-19(21)23-18)20(25)26-14-17-5-3-2-4-6-17/h2-12H,13-14H2,1H3. The predicted molar refractivity (Wildman–Crippen MR) is 101 cm³/mol. The maximum absolute atomic E-state index is 12.7. The van der Waals surface area contributed by atoms with Crippen LogP contribution in [0.4, 0.5) is 10.6 Å². The number of hydrogen-bond donors (Lipinski definition) is 0. The molecule has 0 aliphatic carbocycles. The Hall–Kier alpha value is -2.92. The summed E-state index contributed by atoms with van der Waals surface area (Å²) in [5.41, 5.74) is 3.02. The number of amides is 1. The van der Waals surface area contributed by atoms with E-state index < -0.39 is 6.09 Å². The van der Waals surface area contributed by atoms with Gasteiger partial charge in [0.15, 0.2) is 0 Å². The molecule has 132 valence electrons. The van der Waals surface area contributed by atoms with Crippen LogP contribution in [0.3, 0.4) is 0 Å². The largest absolute Gasteiger partial charge is 0.444 e. The summed E-state index contributed by atoms with van der Waals surface area (Å²) in [5, 5.41) is 0.0762. The molecule has 0 spiro atoms. The highest BCUT2D eigenvalue weighted by molar-refractivity contribution is 6.28. The lowest BCUT2D eigenvalue weighted by Crippen LogP contribution is -2.31. The third-order valence-electron chi connectivity index (χ3n) is 3.77.